The Morgan fingerprint density at radius 1 is 1.16 bits per heavy atom. The Morgan fingerprint density at radius 2 is 1.80 bits per heavy atom. The molecular formula is C17H28O8. The Balaban J connectivity index is 3.31. The zero-order valence-corrected chi connectivity index (χ0v) is 15.5. The van der Waals surface area contributed by atoms with Crippen LogP contribution >= 0.6 is 0 Å². The molecular weight excluding hydrogens is 332 g/mol. The molecule has 0 aromatic carbocycles. The van der Waals surface area contributed by atoms with E-state index in [1.54, 1.807) is 6.92 Å². The Morgan fingerprint density at radius 3 is 2.32 bits per heavy atom. The minimum Gasteiger partial charge on any atom is -0.480 e. The number of carbonyl (C=O) groups is 2. The van der Waals surface area contributed by atoms with E-state index in [-0.39, 0.29) is 18.1 Å². The van der Waals surface area contributed by atoms with Crippen LogP contribution in [0.4, 0.5) is 0 Å². The number of methoxy groups -OCH3 is 3. The smallest absolute Gasteiger partial charge is 0.374 e. The van der Waals surface area contributed by atoms with E-state index < -0.39 is 29.7 Å². The fraction of sp³-hybridized carbons (Fsp3) is 0.765. The number of unbranched alkanes of at least 4 members (excludes halogenated alkanes) is 2. The average molecular weight is 360 g/mol. The summed E-state index contributed by atoms with van der Waals surface area (Å²) in [5.74, 6) is -2.08. The zero-order valence-electron chi connectivity index (χ0n) is 15.5. The number of aliphatic hydroxyl groups excluding tert-OH is 1. The molecule has 0 aromatic heterocycles. The molecule has 0 aliphatic carbocycles. The van der Waals surface area contributed by atoms with Crippen molar-refractivity contribution in [2.75, 3.05) is 28.1 Å². The van der Waals surface area contributed by atoms with Crippen LogP contribution in [0.15, 0.2) is 11.3 Å². The lowest BCUT2D eigenvalue weighted by molar-refractivity contribution is -0.222. The lowest BCUT2D eigenvalue weighted by atomic mass is 9.82. The van der Waals surface area contributed by atoms with Crippen molar-refractivity contribution in [3.05, 3.63) is 11.3 Å². The fourth-order valence-electron chi connectivity index (χ4n) is 2.76. The molecule has 1 N–H and O–H groups in total. The van der Waals surface area contributed by atoms with Crippen molar-refractivity contribution in [1.82, 2.24) is 0 Å². The van der Waals surface area contributed by atoms with Gasteiger partial charge in [0.25, 0.3) is 0 Å². The van der Waals surface area contributed by atoms with Crippen molar-refractivity contribution in [3.8, 4) is 0 Å². The lowest BCUT2D eigenvalue weighted by Gasteiger charge is -2.44. The molecule has 0 spiro atoms. The third-order valence-corrected chi connectivity index (χ3v) is 4.29. The summed E-state index contributed by atoms with van der Waals surface area (Å²) in [6.07, 6.45) is 1.19. The number of aliphatic hydroxyl groups is 1. The Hall–Kier alpha value is -1.64. The zero-order chi connectivity index (χ0) is 19.0. The van der Waals surface area contributed by atoms with E-state index in [4.69, 9.17) is 14.2 Å². The van der Waals surface area contributed by atoms with Crippen LogP contribution in [0, 0.1) is 0 Å². The number of hydrogen-bond donors (Lipinski definition) is 1. The molecule has 1 rings (SSSR count). The second-order valence-corrected chi connectivity index (χ2v) is 5.97. The van der Waals surface area contributed by atoms with Gasteiger partial charge in [-0.3, -0.25) is 0 Å². The van der Waals surface area contributed by atoms with E-state index >= 15 is 0 Å². The van der Waals surface area contributed by atoms with Crippen molar-refractivity contribution in [2.45, 2.75) is 57.3 Å². The molecule has 0 amide bonds. The summed E-state index contributed by atoms with van der Waals surface area (Å²) in [5, 5.41) is 10.8. The summed E-state index contributed by atoms with van der Waals surface area (Å²) in [7, 11) is 3.77. The van der Waals surface area contributed by atoms with Crippen molar-refractivity contribution in [1.29, 1.82) is 0 Å². The first-order valence-electron chi connectivity index (χ1n) is 8.25. The van der Waals surface area contributed by atoms with E-state index in [0.29, 0.717) is 6.42 Å². The van der Waals surface area contributed by atoms with Gasteiger partial charge in [-0.1, -0.05) is 19.8 Å². The van der Waals surface area contributed by atoms with Crippen LogP contribution in [-0.2, 0) is 33.3 Å². The van der Waals surface area contributed by atoms with E-state index in [0.717, 1.165) is 26.4 Å². The molecule has 1 aliphatic rings. The summed E-state index contributed by atoms with van der Waals surface area (Å²) in [4.78, 5) is 24.2. The van der Waals surface area contributed by atoms with Gasteiger partial charge in [-0.2, -0.15) is 0 Å². The summed E-state index contributed by atoms with van der Waals surface area (Å²) in [5.41, 5.74) is -1.61. The normalized spacial score (nSPS) is 26.2. The van der Waals surface area contributed by atoms with Crippen LogP contribution < -0.4 is 0 Å². The van der Waals surface area contributed by atoms with Gasteiger partial charge in [0, 0.05) is 7.11 Å². The van der Waals surface area contributed by atoms with Crippen molar-refractivity contribution >= 4 is 11.9 Å². The molecule has 0 saturated heterocycles. The molecule has 8 heteroatoms. The van der Waals surface area contributed by atoms with Gasteiger partial charge in [-0.15, -0.1) is 0 Å². The number of ether oxygens (including phenoxy) is 5. The maximum absolute atomic E-state index is 12.1. The molecule has 0 fully saturated rings. The van der Waals surface area contributed by atoms with Crippen molar-refractivity contribution in [2.24, 2.45) is 0 Å². The molecule has 25 heavy (non-hydrogen) atoms. The molecule has 0 bridgehead atoms. The highest BCUT2D eigenvalue weighted by Crippen LogP contribution is 2.38. The Bertz CT molecular complexity index is 501. The van der Waals surface area contributed by atoms with Gasteiger partial charge in [0.15, 0.2) is 0 Å². The molecule has 0 aromatic rings. The first kappa shape index (κ1) is 21.4. The summed E-state index contributed by atoms with van der Waals surface area (Å²) < 4.78 is 25.7. The Kier molecular flexibility index (Phi) is 8.34. The predicted molar refractivity (Wildman–Crippen MR) is 87.4 cm³/mol. The second-order valence-electron chi connectivity index (χ2n) is 5.97. The van der Waals surface area contributed by atoms with Crippen molar-refractivity contribution < 1.29 is 38.4 Å². The molecule has 0 radical (unpaired) electrons. The first-order valence-corrected chi connectivity index (χ1v) is 8.25. The highest BCUT2D eigenvalue weighted by atomic mass is 16.7. The van der Waals surface area contributed by atoms with Gasteiger partial charge in [0.05, 0.1) is 14.2 Å². The third kappa shape index (κ3) is 4.71. The van der Waals surface area contributed by atoms with Crippen LogP contribution in [0.2, 0.25) is 0 Å². The molecule has 8 nitrogen and oxygen atoms in total. The summed E-state index contributed by atoms with van der Waals surface area (Å²) in [6.45, 7) is 3.57. The maximum atomic E-state index is 12.1. The van der Waals surface area contributed by atoms with Crippen LogP contribution in [0.1, 0.15) is 39.5 Å². The van der Waals surface area contributed by atoms with Crippen LogP contribution in [0.3, 0.4) is 0 Å². The standard InChI is InChI=1S/C17H28O8/c1-6-7-8-9-11-17(2,24-10-21-3)14(18)12(15(19)22-4)13(25-11)16(20)23-5/h11,14,18H,6-10H2,1-5H3/t11-,14-,17-/m1/s1. The van der Waals surface area contributed by atoms with E-state index in [1.807, 2.05) is 0 Å². The molecule has 144 valence electrons. The number of rotatable bonds is 9. The quantitative estimate of drug-likeness (QED) is 0.373. The fourth-order valence-corrected chi connectivity index (χ4v) is 2.76. The highest BCUT2D eigenvalue weighted by molar-refractivity contribution is 6.00. The summed E-state index contributed by atoms with van der Waals surface area (Å²) in [6, 6.07) is 0. The van der Waals surface area contributed by atoms with Crippen LogP contribution in [0.5, 0.6) is 0 Å². The van der Waals surface area contributed by atoms with Gasteiger partial charge in [-0.05, 0) is 19.8 Å². The van der Waals surface area contributed by atoms with E-state index in [2.05, 4.69) is 16.4 Å². The minimum absolute atomic E-state index is 0.108. The molecule has 3 atom stereocenters. The SMILES string of the molecule is CCCCC[C@H]1OC(C(=O)OC)=C(C(=O)OC)[C@@H](O)[C@]1(C)OCOC. The molecule has 0 saturated carbocycles. The van der Waals surface area contributed by atoms with Gasteiger partial charge in [0.1, 0.15) is 30.2 Å². The molecule has 1 heterocycles. The van der Waals surface area contributed by atoms with E-state index in [9.17, 15) is 14.7 Å². The van der Waals surface area contributed by atoms with Crippen molar-refractivity contribution in [3.63, 3.8) is 0 Å². The lowest BCUT2D eigenvalue weighted by Crippen LogP contribution is -2.58. The third-order valence-electron chi connectivity index (χ3n) is 4.29. The average Bonchev–Trinajstić information content (AvgIpc) is 2.62. The van der Waals surface area contributed by atoms with Gasteiger partial charge < -0.3 is 28.8 Å². The van der Waals surface area contributed by atoms with Crippen LogP contribution in [0.25, 0.3) is 0 Å². The van der Waals surface area contributed by atoms with Gasteiger partial charge in [-0.25, -0.2) is 9.59 Å². The number of carbonyl (C=O) groups excluding carboxylic acids is 2. The number of esters is 2. The largest absolute Gasteiger partial charge is 0.480 e. The first-order chi connectivity index (χ1) is 11.9. The Labute approximate surface area is 148 Å². The topological polar surface area (TPSA) is 101 Å². The minimum atomic E-state index is -1.44. The van der Waals surface area contributed by atoms with Gasteiger partial charge in [0.2, 0.25) is 5.76 Å². The number of hydrogen-bond acceptors (Lipinski definition) is 8. The van der Waals surface area contributed by atoms with Crippen LogP contribution in [-0.4, -0.2) is 63.0 Å². The van der Waals surface area contributed by atoms with E-state index in [1.165, 1.54) is 14.2 Å². The molecule has 1 aliphatic heterocycles. The second kappa shape index (κ2) is 9.74. The predicted octanol–water partition coefficient (Wildman–Crippen LogP) is 1.31. The summed E-state index contributed by atoms with van der Waals surface area (Å²) >= 11 is 0. The molecule has 0 unspecified atom stereocenters. The monoisotopic (exact) mass is 360 g/mol. The van der Waals surface area contributed by atoms with Gasteiger partial charge >= 0.3 is 11.9 Å². The highest BCUT2D eigenvalue weighted by Gasteiger charge is 2.53. The maximum Gasteiger partial charge on any atom is 0.374 e.